The Balaban J connectivity index is 2.30. The van der Waals surface area contributed by atoms with Gasteiger partial charge in [0.2, 0.25) is 0 Å². The minimum Gasteiger partial charge on any atom is -0.163 e. The highest BCUT2D eigenvalue weighted by Crippen LogP contribution is 2.05. The lowest BCUT2D eigenvalue weighted by Crippen LogP contribution is -2.03. The van der Waals surface area contributed by atoms with E-state index in [0.29, 0.717) is 5.92 Å². The first kappa shape index (κ1) is 6.39. The van der Waals surface area contributed by atoms with E-state index in [1.807, 2.05) is 0 Å². The summed E-state index contributed by atoms with van der Waals surface area (Å²) >= 11 is 0. The van der Waals surface area contributed by atoms with E-state index in [2.05, 4.69) is 29.3 Å². The van der Waals surface area contributed by atoms with E-state index in [-0.39, 0.29) is 0 Å². The average Bonchev–Trinajstić information content (AvgIpc) is 2.15. The number of hydrogen-bond donors (Lipinski definition) is 0. The van der Waals surface area contributed by atoms with Gasteiger partial charge in [-0.2, -0.15) is 5.11 Å². The molecule has 0 bridgehead atoms. The zero-order valence-corrected chi connectivity index (χ0v) is 5.83. The Morgan fingerprint density at radius 2 is 2.33 bits per heavy atom. The van der Waals surface area contributed by atoms with Crippen LogP contribution in [0.3, 0.4) is 0 Å². The van der Waals surface area contributed by atoms with E-state index in [1.54, 1.807) is 0 Å². The predicted octanol–water partition coefficient (Wildman–Crippen LogP) is 1.85. The molecule has 0 radical (unpaired) electrons. The van der Waals surface area contributed by atoms with Crippen molar-refractivity contribution >= 4 is 5.71 Å². The van der Waals surface area contributed by atoms with Gasteiger partial charge < -0.3 is 0 Å². The molecule has 0 aromatic carbocycles. The van der Waals surface area contributed by atoms with Gasteiger partial charge in [0.05, 0.1) is 5.71 Å². The summed E-state index contributed by atoms with van der Waals surface area (Å²) in [7, 11) is 0. The normalized spacial score (nSPS) is 17.0. The van der Waals surface area contributed by atoms with Gasteiger partial charge in [0.25, 0.3) is 0 Å². The number of rotatable bonds is 2. The van der Waals surface area contributed by atoms with Crippen molar-refractivity contribution in [1.82, 2.24) is 0 Å². The van der Waals surface area contributed by atoms with Crippen LogP contribution in [0.2, 0.25) is 0 Å². The van der Waals surface area contributed by atoms with Crippen molar-refractivity contribution in [2.45, 2.75) is 20.3 Å². The van der Waals surface area contributed by atoms with Crippen LogP contribution in [-0.2, 0) is 0 Å². The van der Waals surface area contributed by atoms with Gasteiger partial charge in [-0.15, -0.1) is 5.10 Å². The van der Waals surface area contributed by atoms with Crippen LogP contribution in [0.5, 0.6) is 0 Å². The van der Waals surface area contributed by atoms with Crippen LogP contribution in [0, 0.1) is 5.92 Å². The largest absolute Gasteiger partial charge is 0.163 e. The Kier molecular flexibility index (Phi) is 1.92. The molecule has 3 heteroatoms. The second-order valence-electron chi connectivity index (χ2n) is 2.65. The van der Waals surface area contributed by atoms with Gasteiger partial charge in [-0.3, -0.25) is 0 Å². The molecule has 1 rings (SSSR count). The summed E-state index contributed by atoms with van der Waals surface area (Å²) in [6.07, 6.45) is 1.03. The first-order valence-electron chi connectivity index (χ1n) is 3.21. The molecule has 0 aromatic rings. The maximum Gasteiger partial charge on any atom is 0.102 e. The molecular formula is C6H11N3. The summed E-state index contributed by atoms with van der Waals surface area (Å²) in [4.78, 5) is 0. The van der Waals surface area contributed by atoms with Crippen LogP contribution < -0.4 is 0 Å². The van der Waals surface area contributed by atoms with Crippen LogP contribution in [0.25, 0.3) is 0 Å². The summed E-state index contributed by atoms with van der Waals surface area (Å²) in [6.45, 7) is 5.06. The molecule has 9 heavy (non-hydrogen) atoms. The highest BCUT2D eigenvalue weighted by Gasteiger charge is 2.05. The van der Waals surface area contributed by atoms with E-state index < -0.39 is 0 Å². The molecule has 0 N–H and O–H groups in total. The second-order valence-corrected chi connectivity index (χ2v) is 2.65. The van der Waals surface area contributed by atoms with Crippen molar-refractivity contribution in [2.24, 2.45) is 21.4 Å². The molecule has 0 aromatic heterocycles. The van der Waals surface area contributed by atoms with Crippen molar-refractivity contribution in [3.63, 3.8) is 0 Å². The van der Waals surface area contributed by atoms with Gasteiger partial charge in [0.1, 0.15) is 6.54 Å². The Labute approximate surface area is 54.9 Å². The molecule has 0 fully saturated rings. The van der Waals surface area contributed by atoms with E-state index in [0.717, 1.165) is 18.7 Å². The number of nitrogens with zero attached hydrogens (tertiary/aromatic N) is 3. The molecule has 0 saturated carbocycles. The fourth-order valence-corrected chi connectivity index (χ4v) is 0.816. The molecule has 0 atom stereocenters. The zero-order chi connectivity index (χ0) is 6.69. The Bertz CT molecular complexity index is 146. The van der Waals surface area contributed by atoms with Gasteiger partial charge in [-0.05, 0) is 17.6 Å². The van der Waals surface area contributed by atoms with Crippen LogP contribution in [0.15, 0.2) is 15.4 Å². The maximum atomic E-state index is 3.85. The Hall–Kier alpha value is -0.730. The molecule has 0 aliphatic carbocycles. The smallest absolute Gasteiger partial charge is 0.102 e. The lowest BCUT2D eigenvalue weighted by Gasteiger charge is -1.99. The predicted molar refractivity (Wildman–Crippen MR) is 36.6 cm³/mol. The Morgan fingerprint density at radius 3 is 2.78 bits per heavy atom. The molecule has 1 aliphatic rings. The van der Waals surface area contributed by atoms with Crippen LogP contribution in [-0.4, -0.2) is 12.3 Å². The summed E-state index contributed by atoms with van der Waals surface area (Å²) in [6, 6.07) is 0. The number of hydrogen-bond acceptors (Lipinski definition) is 3. The zero-order valence-electron chi connectivity index (χ0n) is 5.83. The fourth-order valence-electron chi connectivity index (χ4n) is 0.816. The minimum atomic E-state index is 0.673. The average molecular weight is 125 g/mol. The van der Waals surface area contributed by atoms with E-state index in [9.17, 15) is 0 Å². The molecule has 0 amide bonds. The standard InChI is InChI=1S/C6H11N3/c1-5(2)3-6-4-7-9-8-6/h5H,3-4H2,1-2H3. The molecule has 0 unspecified atom stereocenters. The van der Waals surface area contributed by atoms with E-state index >= 15 is 0 Å². The van der Waals surface area contributed by atoms with Crippen molar-refractivity contribution in [1.29, 1.82) is 0 Å². The quantitative estimate of drug-likeness (QED) is 0.540. The third-order valence-electron chi connectivity index (χ3n) is 1.15. The molecule has 1 aliphatic heterocycles. The molecular weight excluding hydrogens is 114 g/mol. The second kappa shape index (κ2) is 2.71. The Morgan fingerprint density at radius 1 is 1.56 bits per heavy atom. The van der Waals surface area contributed by atoms with Crippen LogP contribution in [0.1, 0.15) is 20.3 Å². The highest BCUT2D eigenvalue weighted by molar-refractivity contribution is 5.87. The first-order chi connectivity index (χ1) is 4.29. The summed E-state index contributed by atoms with van der Waals surface area (Å²) in [5.74, 6) is 0.673. The third-order valence-corrected chi connectivity index (χ3v) is 1.15. The molecule has 0 spiro atoms. The van der Waals surface area contributed by atoms with Gasteiger partial charge in [0, 0.05) is 0 Å². The summed E-state index contributed by atoms with van der Waals surface area (Å²) in [5, 5.41) is 11.1. The van der Waals surface area contributed by atoms with Gasteiger partial charge in [0.15, 0.2) is 0 Å². The van der Waals surface area contributed by atoms with Crippen molar-refractivity contribution in [3.8, 4) is 0 Å². The van der Waals surface area contributed by atoms with Crippen molar-refractivity contribution < 1.29 is 0 Å². The lowest BCUT2D eigenvalue weighted by atomic mass is 10.1. The summed E-state index contributed by atoms with van der Waals surface area (Å²) in [5.41, 5.74) is 1.12. The van der Waals surface area contributed by atoms with Crippen molar-refractivity contribution in [2.75, 3.05) is 6.54 Å². The minimum absolute atomic E-state index is 0.673. The van der Waals surface area contributed by atoms with Gasteiger partial charge in [-0.25, -0.2) is 0 Å². The van der Waals surface area contributed by atoms with Crippen LogP contribution in [0.4, 0.5) is 0 Å². The molecule has 1 heterocycles. The van der Waals surface area contributed by atoms with Crippen molar-refractivity contribution in [3.05, 3.63) is 0 Å². The lowest BCUT2D eigenvalue weighted by molar-refractivity contribution is 0.681. The molecule has 0 saturated heterocycles. The third kappa shape index (κ3) is 1.91. The monoisotopic (exact) mass is 125 g/mol. The highest BCUT2D eigenvalue weighted by atomic mass is 15.4. The van der Waals surface area contributed by atoms with Gasteiger partial charge in [-0.1, -0.05) is 13.8 Å². The van der Waals surface area contributed by atoms with E-state index in [1.165, 1.54) is 0 Å². The molecule has 50 valence electrons. The van der Waals surface area contributed by atoms with Gasteiger partial charge >= 0.3 is 0 Å². The topological polar surface area (TPSA) is 37.1 Å². The fraction of sp³-hybridized carbons (Fsp3) is 0.833. The van der Waals surface area contributed by atoms with Crippen LogP contribution >= 0.6 is 0 Å². The molecule has 3 nitrogen and oxygen atoms in total. The summed E-state index contributed by atoms with van der Waals surface area (Å²) < 4.78 is 0. The first-order valence-corrected chi connectivity index (χ1v) is 3.21. The maximum absolute atomic E-state index is 3.85. The van der Waals surface area contributed by atoms with E-state index in [4.69, 9.17) is 0 Å². The SMILES string of the molecule is CC(C)CC1=NN=NC1.